The van der Waals surface area contributed by atoms with Crippen molar-refractivity contribution in [3.8, 4) is 0 Å². The second kappa shape index (κ2) is 10.5. The summed E-state index contributed by atoms with van der Waals surface area (Å²) in [6.07, 6.45) is 1.96. The Bertz CT molecular complexity index is 898. The van der Waals surface area contributed by atoms with Gasteiger partial charge in [0, 0.05) is 12.3 Å². The van der Waals surface area contributed by atoms with Crippen LogP contribution >= 0.6 is 11.8 Å². The van der Waals surface area contributed by atoms with Crippen molar-refractivity contribution < 1.29 is 13.2 Å². The first kappa shape index (κ1) is 22.3. The van der Waals surface area contributed by atoms with Gasteiger partial charge in [-0.3, -0.25) is 9.10 Å². The van der Waals surface area contributed by atoms with Gasteiger partial charge in [-0.15, -0.1) is 0 Å². The number of hydrogen-bond acceptors (Lipinski definition) is 4. The minimum atomic E-state index is -3.54. The summed E-state index contributed by atoms with van der Waals surface area (Å²) in [5.41, 5.74) is 3.97. The van der Waals surface area contributed by atoms with E-state index in [2.05, 4.69) is 24.4 Å². The Morgan fingerprint density at radius 3 is 2.32 bits per heavy atom. The van der Waals surface area contributed by atoms with Crippen molar-refractivity contribution in [2.24, 2.45) is 0 Å². The van der Waals surface area contributed by atoms with Crippen molar-refractivity contribution >= 4 is 33.4 Å². The first-order valence-corrected chi connectivity index (χ1v) is 12.2. The van der Waals surface area contributed by atoms with Gasteiger partial charge in [0.15, 0.2) is 0 Å². The average molecular weight is 421 g/mol. The molecule has 0 unspecified atom stereocenters. The van der Waals surface area contributed by atoms with E-state index in [0.29, 0.717) is 12.2 Å². The van der Waals surface area contributed by atoms with E-state index in [1.165, 1.54) is 11.1 Å². The Labute approximate surface area is 172 Å². The number of carbonyl (C=O) groups excluding carboxylic acids is 1. The monoisotopic (exact) mass is 420 g/mol. The Morgan fingerprint density at radius 2 is 1.68 bits per heavy atom. The third kappa shape index (κ3) is 6.87. The number of nitrogens with zero attached hydrogens (tertiary/aromatic N) is 1. The molecule has 0 atom stereocenters. The van der Waals surface area contributed by atoms with E-state index in [1.807, 2.05) is 43.0 Å². The van der Waals surface area contributed by atoms with Gasteiger partial charge < -0.3 is 5.32 Å². The fourth-order valence-electron chi connectivity index (χ4n) is 2.77. The normalized spacial score (nSPS) is 11.2. The van der Waals surface area contributed by atoms with Crippen LogP contribution in [0.15, 0.2) is 48.5 Å². The van der Waals surface area contributed by atoms with E-state index in [9.17, 15) is 13.2 Å². The molecule has 0 aliphatic heterocycles. The van der Waals surface area contributed by atoms with E-state index < -0.39 is 10.0 Å². The van der Waals surface area contributed by atoms with Crippen molar-refractivity contribution in [1.82, 2.24) is 5.32 Å². The second-order valence-electron chi connectivity index (χ2n) is 6.74. The molecule has 0 aromatic heterocycles. The lowest BCUT2D eigenvalue weighted by Gasteiger charge is -2.23. The number of benzene rings is 2. The van der Waals surface area contributed by atoms with E-state index in [-0.39, 0.29) is 12.5 Å². The maximum atomic E-state index is 12.3. The SMILES string of the molecule is Cc1ccccc1CSCCCNC(=O)CN(c1ccccc1C)S(C)(=O)=O. The van der Waals surface area contributed by atoms with Crippen LogP contribution in [0.2, 0.25) is 0 Å². The molecule has 2 rings (SSSR count). The number of para-hydroxylation sites is 1. The van der Waals surface area contributed by atoms with Crippen molar-refractivity contribution in [2.75, 3.05) is 29.4 Å². The third-order valence-corrected chi connectivity index (χ3v) is 6.60. The van der Waals surface area contributed by atoms with Gasteiger partial charge in [-0.05, 0) is 48.8 Å². The van der Waals surface area contributed by atoms with Gasteiger partial charge in [0.05, 0.1) is 11.9 Å². The molecule has 2 aromatic carbocycles. The molecule has 7 heteroatoms. The van der Waals surface area contributed by atoms with E-state index in [0.717, 1.165) is 34.1 Å². The van der Waals surface area contributed by atoms with Crippen LogP contribution in [0.5, 0.6) is 0 Å². The van der Waals surface area contributed by atoms with Crippen molar-refractivity contribution in [2.45, 2.75) is 26.0 Å². The third-order valence-electron chi connectivity index (χ3n) is 4.38. The molecule has 28 heavy (non-hydrogen) atoms. The molecule has 0 radical (unpaired) electrons. The number of rotatable bonds is 10. The van der Waals surface area contributed by atoms with Gasteiger partial charge in [0.2, 0.25) is 15.9 Å². The van der Waals surface area contributed by atoms with Crippen LogP contribution in [0.3, 0.4) is 0 Å². The van der Waals surface area contributed by atoms with Crippen LogP contribution in [0.4, 0.5) is 5.69 Å². The van der Waals surface area contributed by atoms with Crippen LogP contribution in [-0.2, 0) is 20.6 Å². The second-order valence-corrected chi connectivity index (χ2v) is 9.75. The molecule has 2 aromatic rings. The maximum absolute atomic E-state index is 12.3. The topological polar surface area (TPSA) is 66.5 Å². The zero-order valence-corrected chi connectivity index (χ0v) is 18.3. The molecule has 0 fully saturated rings. The zero-order valence-electron chi connectivity index (χ0n) is 16.6. The molecule has 0 aliphatic rings. The molecule has 0 saturated carbocycles. The molecule has 0 heterocycles. The minimum absolute atomic E-state index is 0.208. The van der Waals surface area contributed by atoms with E-state index in [1.54, 1.807) is 12.1 Å². The fourth-order valence-corrected chi connectivity index (χ4v) is 4.72. The van der Waals surface area contributed by atoms with Crippen LogP contribution in [-0.4, -0.2) is 39.4 Å². The van der Waals surface area contributed by atoms with Crippen molar-refractivity contribution in [3.05, 3.63) is 65.2 Å². The Balaban J connectivity index is 1.77. The summed E-state index contributed by atoms with van der Waals surface area (Å²) in [4.78, 5) is 12.3. The van der Waals surface area contributed by atoms with E-state index >= 15 is 0 Å². The highest BCUT2D eigenvalue weighted by molar-refractivity contribution is 7.98. The maximum Gasteiger partial charge on any atom is 0.240 e. The predicted octanol–water partition coefficient (Wildman–Crippen LogP) is 3.51. The summed E-state index contributed by atoms with van der Waals surface area (Å²) in [7, 11) is -3.54. The molecule has 5 nitrogen and oxygen atoms in total. The first-order valence-electron chi connectivity index (χ1n) is 9.21. The highest BCUT2D eigenvalue weighted by atomic mass is 32.2. The lowest BCUT2D eigenvalue weighted by Crippen LogP contribution is -2.41. The van der Waals surface area contributed by atoms with Crippen molar-refractivity contribution in [1.29, 1.82) is 0 Å². The average Bonchev–Trinajstić information content (AvgIpc) is 2.64. The zero-order chi connectivity index (χ0) is 20.6. The van der Waals surface area contributed by atoms with Crippen LogP contribution in [0.25, 0.3) is 0 Å². The smallest absolute Gasteiger partial charge is 0.240 e. The van der Waals surface area contributed by atoms with Gasteiger partial charge >= 0.3 is 0 Å². The lowest BCUT2D eigenvalue weighted by atomic mass is 10.1. The van der Waals surface area contributed by atoms with Crippen LogP contribution in [0.1, 0.15) is 23.1 Å². The molecule has 1 N–H and O–H groups in total. The fraction of sp³-hybridized carbons (Fsp3) is 0.381. The minimum Gasteiger partial charge on any atom is -0.354 e. The quantitative estimate of drug-likeness (QED) is 0.598. The number of sulfonamides is 1. The number of thioether (sulfide) groups is 1. The van der Waals surface area contributed by atoms with Crippen LogP contribution < -0.4 is 9.62 Å². The highest BCUT2D eigenvalue weighted by Crippen LogP contribution is 2.21. The van der Waals surface area contributed by atoms with Crippen LogP contribution in [0, 0.1) is 13.8 Å². The predicted molar refractivity (Wildman–Crippen MR) is 118 cm³/mol. The number of anilines is 1. The van der Waals surface area contributed by atoms with Gasteiger partial charge in [-0.25, -0.2) is 8.42 Å². The molecular formula is C21H28N2O3S2. The molecule has 152 valence electrons. The number of aryl methyl sites for hydroxylation is 2. The molecule has 1 amide bonds. The summed E-state index contributed by atoms with van der Waals surface area (Å²) in [6.45, 7) is 4.26. The summed E-state index contributed by atoms with van der Waals surface area (Å²) < 4.78 is 25.4. The number of nitrogens with one attached hydrogen (secondary N) is 1. The number of carbonyl (C=O) groups is 1. The summed E-state index contributed by atoms with van der Waals surface area (Å²) >= 11 is 1.83. The van der Waals surface area contributed by atoms with Gasteiger partial charge in [0.1, 0.15) is 6.54 Å². The largest absolute Gasteiger partial charge is 0.354 e. The number of amides is 1. The van der Waals surface area contributed by atoms with Gasteiger partial charge in [-0.2, -0.15) is 11.8 Å². The molecule has 0 bridgehead atoms. The Kier molecular flexibility index (Phi) is 8.38. The molecule has 0 saturated heterocycles. The van der Waals surface area contributed by atoms with E-state index in [4.69, 9.17) is 0 Å². The van der Waals surface area contributed by atoms with Gasteiger partial charge in [-0.1, -0.05) is 42.5 Å². The van der Waals surface area contributed by atoms with Gasteiger partial charge in [0.25, 0.3) is 0 Å². The highest BCUT2D eigenvalue weighted by Gasteiger charge is 2.21. The summed E-state index contributed by atoms with van der Waals surface area (Å²) in [6, 6.07) is 15.5. The first-order chi connectivity index (χ1) is 13.3. The number of hydrogen-bond donors (Lipinski definition) is 1. The Hall–Kier alpha value is -1.99. The molecule has 0 spiro atoms. The summed E-state index contributed by atoms with van der Waals surface area (Å²) in [5.74, 6) is 1.59. The standard InChI is InChI=1S/C21H28N2O3S2/c1-17-9-4-6-11-19(17)16-27-14-8-13-22-21(24)15-23(28(3,25)26)20-12-7-5-10-18(20)2/h4-7,9-12H,8,13-16H2,1-3H3,(H,22,24). The molecular weight excluding hydrogens is 392 g/mol. The molecule has 0 aliphatic carbocycles. The Morgan fingerprint density at radius 1 is 1.04 bits per heavy atom. The lowest BCUT2D eigenvalue weighted by molar-refractivity contribution is -0.119. The van der Waals surface area contributed by atoms with Crippen molar-refractivity contribution in [3.63, 3.8) is 0 Å². The summed E-state index contributed by atoms with van der Waals surface area (Å²) in [5, 5.41) is 2.83.